The molecule has 108 valence electrons. The molecule has 1 rings (SSSR count). The molecule has 1 aliphatic carbocycles. The Balaban J connectivity index is 2.10. The largest absolute Gasteiger partial charge is 0.382 e. The van der Waals surface area contributed by atoms with Gasteiger partial charge < -0.3 is 9.47 Å². The molecule has 0 radical (unpaired) electrons. The fourth-order valence-corrected chi connectivity index (χ4v) is 3.34. The van der Waals surface area contributed by atoms with Crippen LogP contribution in [0.3, 0.4) is 0 Å². The molecule has 0 aliphatic heterocycles. The van der Waals surface area contributed by atoms with Crippen molar-refractivity contribution < 1.29 is 9.47 Å². The van der Waals surface area contributed by atoms with Crippen LogP contribution in [-0.4, -0.2) is 32.3 Å². The molecule has 0 spiro atoms. The minimum atomic E-state index is 0.400. The monoisotopic (exact) mass is 276 g/mol. The second kappa shape index (κ2) is 10.1. The van der Waals surface area contributed by atoms with E-state index in [9.17, 15) is 0 Å². The van der Waals surface area contributed by atoms with Gasteiger partial charge in [-0.2, -0.15) is 0 Å². The van der Waals surface area contributed by atoms with E-state index in [-0.39, 0.29) is 0 Å². The fourth-order valence-electron chi connectivity index (χ4n) is 2.99. The first-order valence-electron chi connectivity index (χ1n) is 7.48. The number of hydrogen-bond acceptors (Lipinski definition) is 2. The third-order valence-electron chi connectivity index (χ3n) is 3.99. The molecule has 0 aromatic heterocycles. The van der Waals surface area contributed by atoms with Crippen molar-refractivity contribution in [2.24, 2.45) is 11.8 Å². The molecule has 0 heterocycles. The van der Waals surface area contributed by atoms with E-state index in [4.69, 9.17) is 21.1 Å². The molecule has 3 atom stereocenters. The average Bonchev–Trinajstić information content (AvgIpc) is 2.37. The van der Waals surface area contributed by atoms with Gasteiger partial charge in [0.15, 0.2) is 0 Å². The molecule has 1 saturated carbocycles. The topological polar surface area (TPSA) is 18.5 Å². The lowest BCUT2D eigenvalue weighted by Gasteiger charge is -2.33. The Morgan fingerprint density at radius 3 is 2.67 bits per heavy atom. The number of ether oxygens (including phenoxy) is 2. The van der Waals surface area contributed by atoms with Crippen LogP contribution in [0.25, 0.3) is 0 Å². The summed E-state index contributed by atoms with van der Waals surface area (Å²) in [7, 11) is 1.71. The van der Waals surface area contributed by atoms with Crippen molar-refractivity contribution in [3.05, 3.63) is 0 Å². The molecule has 0 amide bonds. The summed E-state index contributed by atoms with van der Waals surface area (Å²) in [6, 6.07) is 0. The third-order valence-corrected chi connectivity index (χ3v) is 4.57. The highest BCUT2D eigenvalue weighted by Gasteiger charge is 2.28. The highest BCUT2D eigenvalue weighted by molar-refractivity contribution is 6.20. The van der Waals surface area contributed by atoms with Gasteiger partial charge in [0, 0.05) is 19.1 Å². The number of alkyl halides is 1. The van der Waals surface area contributed by atoms with E-state index in [0.717, 1.165) is 18.9 Å². The van der Waals surface area contributed by atoms with Crippen LogP contribution in [-0.2, 0) is 9.47 Å². The van der Waals surface area contributed by atoms with Gasteiger partial charge in [-0.1, -0.05) is 19.8 Å². The zero-order valence-corrected chi connectivity index (χ0v) is 12.8. The lowest BCUT2D eigenvalue weighted by molar-refractivity contribution is 0.0658. The number of methoxy groups -OCH3 is 1. The molecule has 1 aliphatic rings. The zero-order chi connectivity index (χ0) is 13.2. The summed E-state index contributed by atoms with van der Waals surface area (Å²) in [5, 5.41) is 0.400. The highest BCUT2D eigenvalue weighted by atomic mass is 35.5. The van der Waals surface area contributed by atoms with Gasteiger partial charge in [0.1, 0.15) is 0 Å². The second-order valence-corrected chi connectivity index (χ2v) is 6.05. The average molecular weight is 277 g/mol. The van der Waals surface area contributed by atoms with Gasteiger partial charge in [-0.05, 0) is 43.9 Å². The van der Waals surface area contributed by atoms with Crippen LogP contribution in [0.2, 0.25) is 0 Å². The van der Waals surface area contributed by atoms with E-state index < -0.39 is 0 Å². The SMILES string of the molecule is CCCC1CCC(Cl)C(CCCOCCOC)C1. The first-order chi connectivity index (χ1) is 8.77. The summed E-state index contributed by atoms with van der Waals surface area (Å²) in [5.74, 6) is 1.63. The Labute approximate surface area is 117 Å². The van der Waals surface area contributed by atoms with Crippen LogP contribution < -0.4 is 0 Å². The fraction of sp³-hybridized carbons (Fsp3) is 1.00. The van der Waals surface area contributed by atoms with Gasteiger partial charge in [0.05, 0.1) is 13.2 Å². The Bertz CT molecular complexity index is 199. The molecule has 3 heteroatoms. The van der Waals surface area contributed by atoms with Crippen LogP contribution in [0.1, 0.15) is 51.9 Å². The summed E-state index contributed by atoms with van der Waals surface area (Å²) in [6.45, 7) is 4.54. The van der Waals surface area contributed by atoms with E-state index >= 15 is 0 Å². The lowest BCUT2D eigenvalue weighted by atomic mass is 9.77. The minimum Gasteiger partial charge on any atom is -0.382 e. The van der Waals surface area contributed by atoms with Crippen molar-refractivity contribution >= 4 is 11.6 Å². The van der Waals surface area contributed by atoms with Gasteiger partial charge in [0.25, 0.3) is 0 Å². The molecule has 2 nitrogen and oxygen atoms in total. The maximum absolute atomic E-state index is 6.45. The van der Waals surface area contributed by atoms with Crippen molar-refractivity contribution in [2.75, 3.05) is 26.9 Å². The van der Waals surface area contributed by atoms with Crippen LogP contribution in [0.15, 0.2) is 0 Å². The second-order valence-electron chi connectivity index (χ2n) is 5.49. The van der Waals surface area contributed by atoms with Crippen LogP contribution in [0.5, 0.6) is 0 Å². The van der Waals surface area contributed by atoms with E-state index in [1.807, 2.05) is 0 Å². The van der Waals surface area contributed by atoms with Gasteiger partial charge in [0.2, 0.25) is 0 Å². The molecular formula is C15H29ClO2. The molecule has 1 fully saturated rings. The van der Waals surface area contributed by atoms with Crippen molar-refractivity contribution in [2.45, 2.75) is 57.2 Å². The molecule has 0 N–H and O–H groups in total. The first-order valence-corrected chi connectivity index (χ1v) is 7.92. The number of halogens is 1. The van der Waals surface area contributed by atoms with Crippen molar-refractivity contribution in [3.63, 3.8) is 0 Å². The standard InChI is InChI=1S/C15H29ClO2/c1-3-5-13-7-8-15(16)14(12-13)6-4-9-18-11-10-17-2/h13-15H,3-12H2,1-2H3. The van der Waals surface area contributed by atoms with E-state index in [1.54, 1.807) is 7.11 Å². The molecule has 0 saturated heterocycles. The molecular weight excluding hydrogens is 248 g/mol. The number of rotatable bonds is 9. The Kier molecular flexibility index (Phi) is 9.08. The van der Waals surface area contributed by atoms with Gasteiger partial charge in [-0.3, -0.25) is 0 Å². The van der Waals surface area contributed by atoms with Crippen molar-refractivity contribution in [1.82, 2.24) is 0 Å². The molecule has 18 heavy (non-hydrogen) atoms. The molecule has 0 aromatic carbocycles. The van der Waals surface area contributed by atoms with Gasteiger partial charge in [-0.15, -0.1) is 11.6 Å². The Morgan fingerprint density at radius 1 is 1.11 bits per heavy atom. The Morgan fingerprint density at radius 2 is 1.94 bits per heavy atom. The molecule has 3 unspecified atom stereocenters. The lowest BCUT2D eigenvalue weighted by Crippen LogP contribution is -2.25. The predicted octanol–water partition coefficient (Wildman–Crippen LogP) is 4.25. The first kappa shape index (κ1) is 16.3. The molecule has 0 aromatic rings. The summed E-state index contributed by atoms with van der Waals surface area (Å²) in [5.41, 5.74) is 0. The summed E-state index contributed by atoms with van der Waals surface area (Å²) < 4.78 is 10.5. The summed E-state index contributed by atoms with van der Waals surface area (Å²) >= 11 is 6.45. The van der Waals surface area contributed by atoms with E-state index in [1.165, 1.54) is 38.5 Å². The van der Waals surface area contributed by atoms with Crippen molar-refractivity contribution in [1.29, 1.82) is 0 Å². The highest BCUT2D eigenvalue weighted by Crippen LogP contribution is 2.37. The summed E-state index contributed by atoms with van der Waals surface area (Å²) in [4.78, 5) is 0. The van der Waals surface area contributed by atoms with Crippen LogP contribution in [0.4, 0.5) is 0 Å². The smallest absolute Gasteiger partial charge is 0.0700 e. The third kappa shape index (κ3) is 6.40. The summed E-state index contributed by atoms with van der Waals surface area (Å²) in [6.07, 6.45) is 8.93. The molecule has 0 bridgehead atoms. The number of hydrogen-bond donors (Lipinski definition) is 0. The maximum atomic E-state index is 6.45. The van der Waals surface area contributed by atoms with Gasteiger partial charge >= 0.3 is 0 Å². The Hall–Kier alpha value is 0.210. The minimum absolute atomic E-state index is 0.400. The van der Waals surface area contributed by atoms with Crippen LogP contribution in [0, 0.1) is 11.8 Å². The quantitative estimate of drug-likeness (QED) is 0.463. The normalized spacial score (nSPS) is 28.5. The maximum Gasteiger partial charge on any atom is 0.0700 e. The predicted molar refractivity (Wildman–Crippen MR) is 77.3 cm³/mol. The van der Waals surface area contributed by atoms with Crippen LogP contribution >= 0.6 is 11.6 Å². The van der Waals surface area contributed by atoms with E-state index in [0.29, 0.717) is 24.5 Å². The van der Waals surface area contributed by atoms with E-state index in [2.05, 4.69) is 6.92 Å². The van der Waals surface area contributed by atoms with Crippen molar-refractivity contribution in [3.8, 4) is 0 Å². The van der Waals surface area contributed by atoms with Gasteiger partial charge in [-0.25, -0.2) is 0 Å². The zero-order valence-electron chi connectivity index (χ0n) is 12.0.